The monoisotopic (exact) mass is 493 g/mol. The van der Waals surface area contributed by atoms with Crippen LogP contribution in [0.1, 0.15) is 23.6 Å². The number of aromatic nitrogens is 1. The quantitative estimate of drug-likeness (QED) is 0.296. The fraction of sp³-hybridized carbons (Fsp3) is 0.182. The molecule has 0 amide bonds. The maximum Gasteiger partial charge on any atom is 0.417 e. The van der Waals surface area contributed by atoms with Crippen molar-refractivity contribution in [3.8, 4) is 11.5 Å². The number of anilines is 1. The molecule has 0 saturated heterocycles. The van der Waals surface area contributed by atoms with E-state index in [1.54, 1.807) is 12.1 Å². The Morgan fingerprint density at radius 1 is 1.06 bits per heavy atom. The first-order chi connectivity index (χ1) is 14.9. The number of alkyl halides is 3. The van der Waals surface area contributed by atoms with Crippen LogP contribution in [-0.4, -0.2) is 17.8 Å². The molecule has 5 nitrogen and oxygen atoms in total. The number of pyridine rings is 1. The molecule has 0 bridgehead atoms. The summed E-state index contributed by atoms with van der Waals surface area (Å²) >= 11 is 3.48. The van der Waals surface area contributed by atoms with Crippen molar-refractivity contribution in [3.05, 3.63) is 82.0 Å². The van der Waals surface area contributed by atoms with E-state index < -0.39 is 11.7 Å². The molecule has 1 N–H and O–H groups in total. The Labute approximate surface area is 186 Å². The second kappa shape index (κ2) is 10.3. The van der Waals surface area contributed by atoms with Crippen LogP contribution in [0.15, 0.2) is 70.4 Å². The summed E-state index contributed by atoms with van der Waals surface area (Å²) in [5.41, 5.74) is 3.51. The summed E-state index contributed by atoms with van der Waals surface area (Å²) in [6.07, 6.45) is -2.17. The van der Waals surface area contributed by atoms with Crippen molar-refractivity contribution in [1.82, 2.24) is 4.98 Å². The number of ether oxygens (including phenoxy) is 2. The molecular formula is C22H19BrF3N3O2. The van der Waals surface area contributed by atoms with Crippen LogP contribution in [0.2, 0.25) is 0 Å². The van der Waals surface area contributed by atoms with Crippen molar-refractivity contribution in [1.29, 1.82) is 0 Å². The average molecular weight is 494 g/mol. The highest BCUT2D eigenvalue weighted by Crippen LogP contribution is 2.34. The molecule has 9 heteroatoms. The number of nitrogens with zero attached hydrogens (tertiary/aromatic N) is 2. The van der Waals surface area contributed by atoms with Gasteiger partial charge in [-0.2, -0.15) is 18.3 Å². The lowest BCUT2D eigenvalue weighted by atomic mass is 10.2. The molecule has 2 aromatic carbocycles. The smallest absolute Gasteiger partial charge is 0.417 e. The summed E-state index contributed by atoms with van der Waals surface area (Å²) in [7, 11) is 0. The van der Waals surface area contributed by atoms with Crippen molar-refractivity contribution >= 4 is 28.0 Å². The second-order valence-corrected chi connectivity index (χ2v) is 7.18. The van der Waals surface area contributed by atoms with Gasteiger partial charge in [0.25, 0.3) is 0 Å². The molecule has 162 valence electrons. The highest BCUT2D eigenvalue weighted by molar-refractivity contribution is 9.10. The zero-order valence-corrected chi connectivity index (χ0v) is 18.1. The molecule has 0 saturated carbocycles. The fourth-order valence-electron chi connectivity index (χ4n) is 2.56. The summed E-state index contributed by atoms with van der Waals surface area (Å²) < 4.78 is 50.1. The molecular weight excluding hydrogens is 475 g/mol. The average Bonchev–Trinajstić information content (AvgIpc) is 2.75. The Bertz CT molecular complexity index is 1030. The first-order valence-corrected chi connectivity index (χ1v) is 10.1. The topological polar surface area (TPSA) is 55.7 Å². The zero-order chi connectivity index (χ0) is 22.3. The minimum absolute atomic E-state index is 0.188. The van der Waals surface area contributed by atoms with Crippen LogP contribution in [0, 0.1) is 0 Å². The molecule has 0 aliphatic carbocycles. The van der Waals surface area contributed by atoms with Gasteiger partial charge in [-0.15, -0.1) is 0 Å². The SMILES string of the molecule is CCOc1cc(/C=N\Nc2ccc(C(F)(F)F)cn2)c(Br)cc1OCc1ccccc1. The van der Waals surface area contributed by atoms with Crippen molar-refractivity contribution < 1.29 is 22.6 Å². The van der Waals surface area contributed by atoms with Gasteiger partial charge in [0.1, 0.15) is 12.4 Å². The molecule has 0 radical (unpaired) electrons. The van der Waals surface area contributed by atoms with Crippen molar-refractivity contribution in [2.75, 3.05) is 12.0 Å². The molecule has 3 aromatic rings. The van der Waals surface area contributed by atoms with Gasteiger partial charge < -0.3 is 9.47 Å². The minimum Gasteiger partial charge on any atom is -0.490 e. The number of hydrogen-bond donors (Lipinski definition) is 1. The van der Waals surface area contributed by atoms with Gasteiger partial charge >= 0.3 is 6.18 Å². The van der Waals surface area contributed by atoms with E-state index in [0.29, 0.717) is 34.7 Å². The Morgan fingerprint density at radius 2 is 1.81 bits per heavy atom. The first-order valence-electron chi connectivity index (χ1n) is 9.32. The van der Waals surface area contributed by atoms with Crippen molar-refractivity contribution in [2.45, 2.75) is 19.7 Å². The van der Waals surface area contributed by atoms with Gasteiger partial charge in [-0.1, -0.05) is 30.3 Å². The molecule has 31 heavy (non-hydrogen) atoms. The van der Waals surface area contributed by atoms with Gasteiger partial charge in [-0.05, 0) is 52.7 Å². The standard InChI is InChI=1S/C22H19BrF3N3O2/c1-2-30-19-10-16(12-28-29-21-9-8-17(13-27-21)22(24,25)26)18(23)11-20(19)31-14-15-6-4-3-5-7-15/h3-13H,2,14H2,1H3,(H,27,29)/b28-12-. The lowest BCUT2D eigenvalue weighted by Gasteiger charge is -2.14. The Kier molecular flexibility index (Phi) is 7.51. The number of rotatable bonds is 8. The van der Waals surface area contributed by atoms with Crippen LogP contribution in [0.25, 0.3) is 0 Å². The van der Waals surface area contributed by atoms with Crippen molar-refractivity contribution in [2.24, 2.45) is 5.10 Å². The molecule has 0 spiro atoms. The molecule has 1 aromatic heterocycles. The van der Waals surface area contributed by atoms with Gasteiger partial charge in [-0.25, -0.2) is 4.98 Å². The van der Waals surface area contributed by atoms with Crippen molar-refractivity contribution in [3.63, 3.8) is 0 Å². The largest absolute Gasteiger partial charge is 0.490 e. The number of nitrogens with one attached hydrogen (secondary N) is 1. The van der Waals surface area contributed by atoms with E-state index in [4.69, 9.17) is 9.47 Å². The predicted octanol–water partition coefficient (Wildman–Crippen LogP) is 6.29. The van der Waals surface area contributed by atoms with Crippen LogP contribution < -0.4 is 14.9 Å². The normalized spacial score (nSPS) is 11.5. The predicted molar refractivity (Wildman–Crippen MR) is 117 cm³/mol. The van der Waals surface area contributed by atoms with E-state index in [0.717, 1.165) is 17.8 Å². The number of hydrazone groups is 1. The third-order valence-electron chi connectivity index (χ3n) is 4.07. The van der Waals surface area contributed by atoms with Gasteiger partial charge in [0.2, 0.25) is 0 Å². The van der Waals surface area contributed by atoms with Crippen LogP contribution in [0.4, 0.5) is 19.0 Å². The summed E-state index contributed by atoms with van der Waals surface area (Å²) in [6.45, 7) is 2.71. The number of halogens is 4. The lowest BCUT2D eigenvalue weighted by molar-refractivity contribution is -0.137. The Morgan fingerprint density at radius 3 is 2.45 bits per heavy atom. The van der Waals surface area contributed by atoms with Crippen LogP contribution in [0.3, 0.4) is 0 Å². The van der Waals surface area contributed by atoms with Gasteiger partial charge in [0.05, 0.1) is 18.4 Å². The molecule has 1 heterocycles. The minimum atomic E-state index is -4.43. The third-order valence-corrected chi connectivity index (χ3v) is 4.76. The van der Waals surface area contributed by atoms with E-state index in [2.05, 4.69) is 31.4 Å². The van der Waals surface area contributed by atoms with Gasteiger partial charge in [0, 0.05) is 16.2 Å². The Hall–Kier alpha value is -3.07. The Balaban J connectivity index is 1.71. The molecule has 0 aliphatic heterocycles. The molecule has 3 rings (SSSR count). The third kappa shape index (κ3) is 6.45. The van der Waals surface area contributed by atoms with E-state index >= 15 is 0 Å². The van der Waals surface area contributed by atoms with Gasteiger partial charge in [0.15, 0.2) is 11.5 Å². The fourth-order valence-corrected chi connectivity index (χ4v) is 2.99. The second-order valence-electron chi connectivity index (χ2n) is 6.33. The summed E-state index contributed by atoms with van der Waals surface area (Å²) in [6, 6.07) is 15.5. The van der Waals surface area contributed by atoms with E-state index in [1.807, 2.05) is 37.3 Å². The maximum atomic E-state index is 12.6. The summed E-state index contributed by atoms with van der Waals surface area (Å²) in [5.74, 6) is 1.32. The molecule has 0 unspecified atom stereocenters. The van der Waals surface area contributed by atoms with Gasteiger partial charge in [-0.3, -0.25) is 5.43 Å². The summed E-state index contributed by atoms with van der Waals surface area (Å²) in [4.78, 5) is 3.71. The zero-order valence-electron chi connectivity index (χ0n) is 16.5. The van der Waals surface area contributed by atoms with E-state index in [-0.39, 0.29) is 5.82 Å². The molecule has 0 fully saturated rings. The molecule has 0 atom stereocenters. The van der Waals surface area contributed by atoms with E-state index in [9.17, 15) is 13.2 Å². The van der Waals surface area contributed by atoms with Crippen LogP contribution in [0.5, 0.6) is 11.5 Å². The van der Waals surface area contributed by atoms with E-state index in [1.165, 1.54) is 12.3 Å². The first kappa shape index (κ1) is 22.6. The maximum absolute atomic E-state index is 12.6. The highest BCUT2D eigenvalue weighted by atomic mass is 79.9. The highest BCUT2D eigenvalue weighted by Gasteiger charge is 2.30. The lowest BCUT2D eigenvalue weighted by Crippen LogP contribution is -2.05. The number of benzene rings is 2. The van der Waals surface area contributed by atoms with Crippen LogP contribution >= 0.6 is 15.9 Å². The van der Waals surface area contributed by atoms with Crippen LogP contribution in [-0.2, 0) is 12.8 Å². The summed E-state index contributed by atoms with van der Waals surface area (Å²) in [5, 5.41) is 4.04. The molecule has 0 aliphatic rings. The number of hydrogen-bond acceptors (Lipinski definition) is 5.